The van der Waals surface area contributed by atoms with E-state index in [0.717, 1.165) is 0 Å². The fourth-order valence-corrected chi connectivity index (χ4v) is 1.17. The third-order valence-corrected chi connectivity index (χ3v) is 2.39. The van der Waals surface area contributed by atoms with Gasteiger partial charge in [0.2, 0.25) is 0 Å². The topological polar surface area (TPSA) is 33.2 Å². The molecule has 1 aromatic heterocycles. The Labute approximate surface area is 88.7 Å². The fourth-order valence-electron chi connectivity index (χ4n) is 0.970. The number of pyridine rings is 1. The molecule has 1 heterocycles. The van der Waals surface area contributed by atoms with Gasteiger partial charge in [0.25, 0.3) is 5.91 Å². The number of amides is 1. The Bertz CT molecular complexity index is 339. The predicted molar refractivity (Wildman–Crippen MR) is 56.5 cm³/mol. The van der Waals surface area contributed by atoms with Crippen LogP contribution in [0.4, 0.5) is 0 Å². The van der Waals surface area contributed by atoms with Crippen LogP contribution in [0.2, 0.25) is 5.15 Å². The van der Waals surface area contributed by atoms with Crippen molar-refractivity contribution in [2.75, 3.05) is 7.05 Å². The summed E-state index contributed by atoms with van der Waals surface area (Å²) in [6.07, 6.45) is 1.56. The normalized spacial score (nSPS) is 10.4. The Balaban J connectivity index is 2.95. The third-order valence-electron chi connectivity index (χ3n) is 2.08. The summed E-state index contributed by atoms with van der Waals surface area (Å²) in [6, 6.07) is 3.53. The maximum Gasteiger partial charge on any atom is 0.256 e. The zero-order chi connectivity index (χ0) is 10.7. The molecule has 0 saturated carbocycles. The van der Waals surface area contributed by atoms with Gasteiger partial charge in [-0.15, -0.1) is 0 Å². The van der Waals surface area contributed by atoms with E-state index in [1.54, 1.807) is 30.3 Å². The van der Waals surface area contributed by atoms with Gasteiger partial charge < -0.3 is 4.90 Å². The number of nitrogens with zero attached hydrogens (tertiary/aromatic N) is 2. The molecule has 0 radical (unpaired) electrons. The Morgan fingerprint density at radius 3 is 2.71 bits per heavy atom. The van der Waals surface area contributed by atoms with E-state index in [1.807, 2.05) is 13.8 Å². The standard InChI is InChI=1S/C10H13ClN2O/c1-7(2)13(3)10(14)8-5-4-6-12-9(8)11/h4-7H,1-3H3. The molecule has 76 valence electrons. The van der Waals surface area contributed by atoms with E-state index in [1.165, 1.54) is 0 Å². The predicted octanol–water partition coefficient (Wildman–Crippen LogP) is 2.22. The van der Waals surface area contributed by atoms with Crippen LogP contribution in [0.1, 0.15) is 24.2 Å². The summed E-state index contributed by atoms with van der Waals surface area (Å²) in [6.45, 7) is 3.89. The lowest BCUT2D eigenvalue weighted by atomic mass is 10.2. The molecular weight excluding hydrogens is 200 g/mol. The van der Waals surface area contributed by atoms with Gasteiger partial charge in [0.15, 0.2) is 0 Å². The molecule has 0 spiro atoms. The van der Waals surface area contributed by atoms with Crippen LogP contribution in [0, 0.1) is 0 Å². The zero-order valence-electron chi connectivity index (χ0n) is 8.49. The number of carbonyl (C=O) groups is 1. The minimum atomic E-state index is -0.0990. The lowest BCUT2D eigenvalue weighted by Gasteiger charge is -2.21. The Hall–Kier alpha value is -1.09. The van der Waals surface area contributed by atoms with Gasteiger partial charge in [0, 0.05) is 19.3 Å². The highest BCUT2D eigenvalue weighted by Gasteiger charge is 2.17. The maximum atomic E-state index is 11.8. The van der Waals surface area contributed by atoms with Crippen LogP contribution in [0.3, 0.4) is 0 Å². The van der Waals surface area contributed by atoms with E-state index in [4.69, 9.17) is 11.6 Å². The molecule has 0 N–H and O–H groups in total. The fraction of sp³-hybridized carbons (Fsp3) is 0.400. The molecule has 0 aromatic carbocycles. The quantitative estimate of drug-likeness (QED) is 0.705. The molecule has 1 rings (SSSR count). The number of hydrogen-bond donors (Lipinski definition) is 0. The van der Waals surface area contributed by atoms with Gasteiger partial charge in [-0.3, -0.25) is 4.79 Å². The van der Waals surface area contributed by atoms with E-state index in [9.17, 15) is 4.79 Å². The molecule has 1 amide bonds. The van der Waals surface area contributed by atoms with Crippen molar-refractivity contribution < 1.29 is 4.79 Å². The molecule has 0 aliphatic heterocycles. The average molecular weight is 213 g/mol. The van der Waals surface area contributed by atoms with E-state index in [-0.39, 0.29) is 17.1 Å². The second-order valence-corrected chi connectivity index (χ2v) is 3.71. The maximum absolute atomic E-state index is 11.8. The zero-order valence-corrected chi connectivity index (χ0v) is 9.25. The number of halogens is 1. The second kappa shape index (κ2) is 4.42. The molecule has 0 aliphatic carbocycles. The highest BCUT2D eigenvalue weighted by Crippen LogP contribution is 2.14. The molecular formula is C10H13ClN2O. The van der Waals surface area contributed by atoms with Gasteiger partial charge in [-0.05, 0) is 26.0 Å². The van der Waals surface area contributed by atoms with Crippen LogP contribution in [-0.4, -0.2) is 28.9 Å². The molecule has 0 fully saturated rings. The lowest BCUT2D eigenvalue weighted by Crippen LogP contribution is -2.33. The van der Waals surface area contributed by atoms with Crippen molar-refractivity contribution in [3.05, 3.63) is 29.0 Å². The van der Waals surface area contributed by atoms with Crippen molar-refractivity contribution in [1.29, 1.82) is 0 Å². The van der Waals surface area contributed by atoms with Gasteiger partial charge in [0.05, 0.1) is 5.56 Å². The van der Waals surface area contributed by atoms with Crippen molar-refractivity contribution >= 4 is 17.5 Å². The van der Waals surface area contributed by atoms with Crippen LogP contribution in [-0.2, 0) is 0 Å². The molecule has 3 nitrogen and oxygen atoms in total. The molecule has 0 atom stereocenters. The molecule has 4 heteroatoms. The highest BCUT2D eigenvalue weighted by atomic mass is 35.5. The van der Waals surface area contributed by atoms with E-state index >= 15 is 0 Å². The first-order valence-corrected chi connectivity index (χ1v) is 4.79. The summed E-state index contributed by atoms with van der Waals surface area (Å²) in [5.74, 6) is -0.0990. The summed E-state index contributed by atoms with van der Waals surface area (Å²) in [5, 5.41) is 0.255. The van der Waals surface area contributed by atoms with E-state index in [0.29, 0.717) is 5.56 Å². The first-order chi connectivity index (χ1) is 6.54. The van der Waals surface area contributed by atoms with Crippen molar-refractivity contribution in [3.63, 3.8) is 0 Å². The molecule has 0 saturated heterocycles. The molecule has 1 aromatic rings. The number of carbonyl (C=O) groups excluding carboxylic acids is 1. The minimum absolute atomic E-state index is 0.0990. The molecule has 0 unspecified atom stereocenters. The SMILES string of the molecule is CC(C)N(C)C(=O)c1cccnc1Cl. The van der Waals surface area contributed by atoms with Crippen LogP contribution < -0.4 is 0 Å². The average Bonchev–Trinajstić information content (AvgIpc) is 2.16. The minimum Gasteiger partial charge on any atom is -0.339 e. The van der Waals surface area contributed by atoms with Gasteiger partial charge in [-0.25, -0.2) is 4.98 Å². The first kappa shape index (κ1) is 11.0. The van der Waals surface area contributed by atoms with Gasteiger partial charge in [-0.2, -0.15) is 0 Å². The van der Waals surface area contributed by atoms with Crippen molar-refractivity contribution in [3.8, 4) is 0 Å². The summed E-state index contributed by atoms with van der Waals surface area (Å²) in [4.78, 5) is 17.3. The monoisotopic (exact) mass is 212 g/mol. The van der Waals surface area contributed by atoms with Gasteiger partial charge >= 0.3 is 0 Å². The summed E-state index contributed by atoms with van der Waals surface area (Å²) < 4.78 is 0. The molecule has 14 heavy (non-hydrogen) atoms. The van der Waals surface area contributed by atoms with E-state index < -0.39 is 0 Å². The number of rotatable bonds is 2. The molecule has 0 bridgehead atoms. The van der Waals surface area contributed by atoms with Crippen LogP contribution >= 0.6 is 11.6 Å². The van der Waals surface area contributed by atoms with E-state index in [2.05, 4.69) is 4.98 Å². The Kier molecular flexibility index (Phi) is 3.47. The first-order valence-electron chi connectivity index (χ1n) is 4.41. The summed E-state index contributed by atoms with van der Waals surface area (Å²) in [5.41, 5.74) is 0.449. The number of hydrogen-bond acceptors (Lipinski definition) is 2. The van der Waals surface area contributed by atoms with Crippen LogP contribution in [0.5, 0.6) is 0 Å². The summed E-state index contributed by atoms with van der Waals surface area (Å²) >= 11 is 5.81. The third kappa shape index (κ3) is 2.23. The van der Waals surface area contributed by atoms with Gasteiger partial charge in [-0.1, -0.05) is 11.6 Å². The lowest BCUT2D eigenvalue weighted by molar-refractivity contribution is 0.0754. The van der Waals surface area contributed by atoms with Gasteiger partial charge in [0.1, 0.15) is 5.15 Å². The smallest absolute Gasteiger partial charge is 0.256 e. The Morgan fingerprint density at radius 1 is 1.57 bits per heavy atom. The van der Waals surface area contributed by atoms with Crippen LogP contribution in [0.15, 0.2) is 18.3 Å². The summed E-state index contributed by atoms with van der Waals surface area (Å²) in [7, 11) is 1.75. The van der Waals surface area contributed by atoms with Crippen molar-refractivity contribution in [2.45, 2.75) is 19.9 Å². The Morgan fingerprint density at radius 2 is 2.21 bits per heavy atom. The number of aromatic nitrogens is 1. The second-order valence-electron chi connectivity index (χ2n) is 3.35. The highest BCUT2D eigenvalue weighted by molar-refractivity contribution is 6.32. The van der Waals surface area contributed by atoms with Crippen molar-refractivity contribution in [2.24, 2.45) is 0 Å². The molecule has 0 aliphatic rings. The largest absolute Gasteiger partial charge is 0.339 e. The van der Waals surface area contributed by atoms with Crippen LogP contribution in [0.25, 0.3) is 0 Å². The van der Waals surface area contributed by atoms with Crippen molar-refractivity contribution in [1.82, 2.24) is 9.88 Å².